The first-order chi connectivity index (χ1) is 14.4. The SMILES string of the molecule is CN1CC=C(c2cc3c4c(cnc3[nH]2)C(=O)N(c2c(Cl)cccc2Cl)CN4C)CC1. The number of nitrogens with one attached hydrogen (secondary N) is 1. The van der Waals surface area contributed by atoms with Crippen LogP contribution < -0.4 is 9.80 Å². The highest BCUT2D eigenvalue weighted by molar-refractivity contribution is 6.40. The minimum absolute atomic E-state index is 0.159. The number of amides is 1. The molecule has 1 N–H and O–H groups in total. The molecule has 30 heavy (non-hydrogen) atoms. The molecule has 154 valence electrons. The average Bonchev–Trinajstić information content (AvgIpc) is 3.15. The van der Waals surface area contributed by atoms with Gasteiger partial charge in [-0.1, -0.05) is 35.3 Å². The first kappa shape index (κ1) is 19.4. The van der Waals surface area contributed by atoms with Crippen LogP contribution in [0.1, 0.15) is 22.5 Å². The summed E-state index contributed by atoms with van der Waals surface area (Å²) >= 11 is 12.7. The Morgan fingerprint density at radius 2 is 1.90 bits per heavy atom. The molecule has 0 spiro atoms. The maximum Gasteiger partial charge on any atom is 0.263 e. The number of aromatic nitrogens is 2. The van der Waals surface area contributed by atoms with Crippen molar-refractivity contribution >= 4 is 57.1 Å². The number of H-pyrrole nitrogens is 1. The van der Waals surface area contributed by atoms with Crippen LogP contribution in [-0.4, -0.2) is 54.6 Å². The zero-order valence-electron chi connectivity index (χ0n) is 16.7. The Labute approximate surface area is 184 Å². The van der Waals surface area contributed by atoms with E-state index in [9.17, 15) is 4.79 Å². The third-order valence-corrected chi connectivity index (χ3v) is 6.42. The Morgan fingerprint density at radius 3 is 2.60 bits per heavy atom. The van der Waals surface area contributed by atoms with Crippen LogP contribution >= 0.6 is 23.2 Å². The maximum atomic E-state index is 13.4. The number of hydrogen-bond acceptors (Lipinski definition) is 4. The third-order valence-electron chi connectivity index (χ3n) is 5.81. The fourth-order valence-electron chi connectivity index (χ4n) is 4.23. The summed E-state index contributed by atoms with van der Waals surface area (Å²) in [6, 6.07) is 7.35. The molecule has 0 radical (unpaired) electrons. The molecule has 4 heterocycles. The first-order valence-corrected chi connectivity index (χ1v) is 10.6. The highest BCUT2D eigenvalue weighted by Crippen LogP contribution is 2.40. The van der Waals surface area contributed by atoms with Crippen molar-refractivity contribution in [2.75, 3.05) is 43.7 Å². The summed E-state index contributed by atoms with van der Waals surface area (Å²) in [5.74, 6) is -0.159. The number of anilines is 2. The van der Waals surface area contributed by atoms with Crippen LogP contribution in [0.3, 0.4) is 0 Å². The molecule has 3 aromatic rings. The van der Waals surface area contributed by atoms with E-state index in [0.717, 1.165) is 41.9 Å². The van der Waals surface area contributed by atoms with Crippen molar-refractivity contribution in [3.05, 3.63) is 57.8 Å². The van der Waals surface area contributed by atoms with Crippen molar-refractivity contribution in [3.8, 4) is 0 Å². The summed E-state index contributed by atoms with van der Waals surface area (Å²) in [7, 11) is 4.08. The molecule has 0 atom stereocenters. The van der Waals surface area contributed by atoms with E-state index >= 15 is 0 Å². The van der Waals surface area contributed by atoms with E-state index in [1.165, 1.54) is 5.57 Å². The van der Waals surface area contributed by atoms with Crippen molar-refractivity contribution < 1.29 is 4.79 Å². The van der Waals surface area contributed by atoms with Crippen LogP contribution in [0.2, 0.25) is 10.0 Å². The second kappa shape index (κ2) is 7.30. The quantitative estimate of drug-likeness (QED) is 0.628. The number of para-hydroxylation sites is 1. The largest absolute Gasteiger partial charge is 0.355 e. The maximum absolute atomic E-state index is 13.4. The summed E-state index contributed by atoms with van der Waals surface area (Å²) in [6.45, 7) is 2.31. The van der Waals surface area contributed by atoms with Gasteiger partial charge in [0.2, 0.25) is 0 Å². The second-order valence-corrected chi connectivity index (χ2v) is 8.66. The van der Waals surface area contributed by atoms with Crippen LogP contribution in [0.15, 0.2) is 36.5 Å². The van der Waals surface area contributed by atoms with Gasteiger partial charge in [-0.05, 0) is 37.2 Å². The molecule has 2 aromatic heterocycles. The number of likely N-dealkylation sites (N-methyl/N-ethyl adjacent to an activating group) is 1. The van der Waals surface area contributed by atoms with Crippen molar-refractivity contribution in [1.82, 2.24) is 14.9 Å². The summed E-state index contributed by atoms with van der Waals surface area (Å²) in [4.78, 5) is 27.3. The van der Waals surface area contributed by atoms with Gasteiger partial charge in [-0.25, -0.2) is 4.98 Å². The Kier molecular flexibility index (Phi) is 4.73. The highest BCUT2D eigenvalue weighted by atomic mass is 35.5. The summed E-state index contributed by atoms with van der Waals surface area (Å²) < 4.78 is 0. The van der Waals surface area contributed by atoms with Gasteiger partial charge < -0.3 is 14.8 Å². The van der Waals surface area contributed by atoms with E-state index in [1.807, 2.05) is 11.9 Å². The van der Waals surface area contributed by atoms with E-state index in [0.29, 0.717) is 28.0 Å². The predicted octanol–water partition coefficient (Wildman–Crippen LogP) is 4.64. The summed E-state index contributed by atoms with van der Waals surface area (Å²) in [6.07, 6.45) is 4.87. The molecule has 1 aromatic carbocycles. The number of pyridine rings is 1. The molecule has 6 nitrogen and oxygen atoms in total. The van der Waals surface area contributed by atoms with Gasteiger partial charge in [0, 0.05) is 37.4 Å². The van der Waals surface area contributed by atoms with E-state index in [4.69, 9.17) is 23.2 Å². The van der Waals surface area contributed by atoms with Crippen LogP contribution in [0, 0.1) is 0 Å². The van der Waals surface area contributed by atoms with E-state index < -0.39 is 0 Å². The Hall–Kier alpha value is -2.54. The highest BCUT2D eigenvalue weighted by Gasteiger charge is 2.33. The number of nitrogens with zero attached hydrogens (tertiary/aromatic N) is 4. The number of fused-ring (bicyclic) bond motifs is 3. The van der Waals surface area contributed by atoms with Gasteiger partial charge in [0.15, 0.2) is 0 Å². The van der Waals surface area contributed by atoms with Gasteiger partial charge in [0.05, 0.1) is 33.7 Å². The van der Waals surface area contributed by atoms with Gasteiger partial charge in [0.1, 0.15) is 5.65 Å². The molecule has 0 bridgehead atoms. The molecule has 2 aliphatic heterocycles. The standard InChI is InChI=1S/C22H21Cl2N5O/c1-27-8-6-13(7-9-27)18-10-14-19-15(11-25-21(14)26-18)22(30)29(12-28(19)2)20-16(23)4-3-5-17(20)24/h3-6,10-11H,7-9,12H2,1-2H3,(H,25,26). The van der Waals surface area contributed by atoms with Crippen LogP contribution in [-0.2, 0) is 0 Å². The van der Waals surface area contributed by atoms with Gasteiger partial charge in [-0.15, -0.1) is 0 Å². The molecule has 0 fully saturated rings. The average molecular weight is 442 g/mol. The lowest BCUT2D eigenvalue weighted by atomic mass is 10.0. The molecule has 0 saturated heterocycles. The number of benzene rings is 1. The number of carbonyl (C=O) groups excluding carboxylic acids is 1. The molecule has 8 heteroatoms. The minimum Gasteiger partial charge on any atom is -0.355 e. The van der Waals surface area contributed by atoms with E-state index in [-0.39, 0.29) is 5.91 Å². The molecular formula is C22H21Cl2N5O. The Morgan fingerprint density at radius 1 is 1.13 bits per heavy atom. The molecule has 0 unspecified atom stereocenters. The van der Waals surface area contributed by atoms with Gasteiger partial charge in [-0.3, -0.25) is 9.69 Å². The lowest BCUT2D eigenvalue weighted by Crippen LogP contribution is -2.45. The third kappa shape index (κ3) is 3.07. The molecule has 0 saturated carbocycles. The van der Waals surface area contributed by atoms with E-state index in [1.54, 1.807) is 29.3 Å². The summed E-state index contributed by atoms with van der Waals surface area (Å²) in [5, 5.41) is 1.84. The number of carbonyl (C=O) groups is 1. The van der Waals surface area contributed by atoms with Crippen molar-refractivity contribution in [1.29, 1.82) is 0 Å². The zero-order chi connectivity index (χ0) is 21.0. The normalized spacial score (nSPS) is 17.5. The number of rotatable bonds is 2. The second-order valence-electron chi connectivity index (χ2n) is 7.85. The van der Waals surface area contributed by atoms with Crippen LogP contribution in [0.25, 0.3) is 16.6 Å². The van der Waals surface area contributed by atoms with Crippen molar-refractivity contribution in [2.45, 2.75) is 6.42 Å². The fourth-order valence-corrected chi connectivity index (χ4v) is 4.83. The molecule has 2 aliphatic rings. The fraction of sp³-hybridized carbons (Fsp3) is 0.273. The monoisotopic (exact) mass is 441 g/mol. The molecular weight excluding hydrogens is 421 g/mol. The number of halogens is 2. The van der Waals surface area contributed by atoms with E-state index in [2.05, 4.69) is 34.1 Å². The Balaban J connectivity index is 1.59. The molecule has 0 aliphatic carbocycles. The van der Waals surface area contributed by atoms with Crippen LogP contribution in [0.5, 0.6) is 0 Å². The first-order valence-electron chi connectivity index (χ1n) is 9.80. The van der Waals surface area contributed by atoms with Crippen molar-refractivity contribution in [2.24, 2.45) is 0 Å². The predicted molar refractivity (Wildman–Crippen MR) is 123 cm³/mol. The van der Waals surface area contributed by atoms with Gasteiger partial charge in [-0.2, -0.15) is 0 Å². The van der Waals surface area contributed by atoms with Crippen LogP contribution in [0.4, 0.5) is 11.4 Å². The van der Waals surface area contributed by atoms with Gasteiger partial charge >= 0.3 is 0 Å². The Bertz CT molecular complexity index is 1180. The van der Waals surface area contributed by atoms with Gasteiger partial charge in [0.25, 0.3) is 5.91 Å². The molecule has 5 rings (SSSR count). The summed E-state index contributed by atoms with van der Waals surface area (Å²) in [5.41, 5.74) is 5.07. The van der Waals surface area contributed by atoms with Crippen molar-refractivity contribution in [3.63, 3.8) is 0 Å². The number of aromatic amines is 1. The lowest BCUT2D eigenvalue weighted by molar-refractivity contribution is 0.0982. The lowest BCUT2D eigenvalue weighted by Gasteiger charge is -2.36. The topological polar surface area (TPSA) is 55.5 Å². The number of hydrogen-bond donors (Lipinski definition) is 1. The minimum atomic E-state index is -0.159. The smallest absolute Gasteiger partial charge is 0.263 e. The molecule has 1 amide bonds. The zero-order valence-corrected chi connectivity index (χ0v) is 18.3.